The molecule has 1 unspecified atom stereocenters. The van der Waals surface area contributed by atoms with E-state index in [9.17, 15) is 0 Å². The molecule has 2 aromatic rings. The van der Waals surface area contributed by atoms with Gasteiger partial charge in [-0.3, -0.25) is 0 Å². The van der Waals surface area contributed by atoms with Gasteiger partial charge in [-0.2, -0.15) is 5.10 Å². The minimum atomic E-state index is 0.156. The van der Waals surface area contributed by atoms with Gasteiger partial charge in [0.25, 0.3) is 0 Å². The molecule has 0 bridgehead atoms. The zero-order valence-corrected chi connectivity index (χ0v) is 8.44. The summed E-state index contributed by atoms with van der Waals surface area (Å²) in [7, 11) is 0. The Balaban J connectivity index is 2.50. The van der Waals surface area contributed by atoms with E-state index in [1.807, 2.05) is 36.7 Å². The minimum absolute atomic E-state index is 0.156. The van der Waals surface area contributed by atoms with Crippen LogP contribution < -0.4 is 5.73 Å². The molecule has 4 nitrogen and oxygen atoms in total. The maximum absolute atomic E-state index is 5.76. The Bertz CT molecular complexity index is 444. The largest absolute Gasteiger partial charge is 0.328 e. The first-order valence-corrected chi connectivity index (χ1v) is 4.72. The smallest absolute Gasteiger partial charge is 0.146 e. The predicted molar refractivity (Wildman–Crippen MR) is 55.1 cm³/mol. The third-order valence-corrected chi connectivity index (χ3v) is 2.12. The molecule has 0 radical (unpaired) electrons. The molecule has 2 aromatic heterocycles. The van der Waals surface area contributed by atoms with Crippen LogP contribution in [0.3, 0.4) is 0 Å². The topological polar surface area (TPSA) is 56.2 Å². The number of aromatic nitrogens is 3. The van der Waals surface area contributed by atoms with Gasteiger partial charge in [-0.1, -0.05) is 0 Å². The van der Waals surface area contributed by atoms with Gasteiger partial charge in [0.2, 0.25) is 0 Å². The standard InChI is InChI=1S/C10H14N4/c1-7(11)5-9-3-4-10-6-12-8(2)13-14(9)10/h3-4,6-7H,5,11H2,1-2H3. The average molecular weight is 190 g/mol. The van der Waals surface area contributed by atoms with Crippen molar-refractivity contribution >= 4 is 5.52 Å². The van der Waals surface area contributed by atoms with Crippen LogP contribution in [0.5, 0.6) is 0 Å². The predicted octanol–water partition coefficient (Wildman–Crippen LogP) is 0.927. The van der Waals surface area contributed by atoms with E-state index in [0.717, 1.165) is 23.5 Å². The summed E-state index contributed by atoms with van der Waals surface area (Å²) in [6, 6.07) is 4.22. The van der Waals surface area contributed by atoms with E-state index >= 15 is 0 Å². The molecular weight excluding hydrogens is 176 g/mol. The highest BCUT2D eigenvalue weighted by Crippen LogP contribution is 2.09. The molecule has 0 spiro atoms. The van der Waals surface area contributed by atoms with Crippen molar-refractivity contribution in [3.8, 4) is 0 Å². The quantitative estimate of drug-likeness (QED) is 0.766. The van der Waals surface area contributed by atoms with Crippen molar-refractivity contribution in [2.24, 2.45) is 5.73 Å². The molecule has 0 aliphatic heterocycles. The SMILES string of the molecule is Cc1ncc2ccc(CC(C)N)n2n1. The van der Waals surface area contributed by atoms with E-state index in [1.165, 1.54) is 0 Å². The summed E-state index contributed by atoms with van der Waals surface area (Å²) >= 11 is 0. The van der Waals surface area contributed by atoms with E-state index in [0.29, 0.717) is 0 Å². The van der Waals surface area contributed by atoms with Crippen molar-refractivity contribution in [3.63, 3.8) is 0 Å². The number of nitrogens with two attached hydrogens (primary N) is 1. The summed E-state index contributed by atoms with van der Waals surface area (Å²) < 4.78 is 1.91. The van der Waals surface area contributed by atoms with Crippen molar-refractivity contribution in [2.45, 2.75) is 26.3 Å². The van der Waals surface area contributed by atoms with E-state index in [2.05, 4.69) is 10.1 Å². The zero-order chi connectivity index (χ0) is 10.1. The molecular formula is C10H14N4. The summed E-state index contributed by atoms with van der Waals surface area (Å²) in [5.41, 5.74) is 7.91. The van der Waals surface area contributed by atoms with Crippen molar-refractivity contribution < 1.29 is 0 Å². The second-order valence-electron chi connectivity index (χ2n) is 3.65. The first-order valence-electron chi connectivity index (χ1n) is 4.72. The molecule has 0 fully saturated rings. The summed E-state index contributed by atoms with van der Waals surface area (Å²) in [6.45, 7) is 3.88. The highest BCUT2D eigenvalue weighted by atomic mass is 15.2. The van der Waals surface area contributed by atoms with Crippen molar-refractivity contribution in [3.05, 3.63) is 29.8 Å². The zero-order valence-electron chi connectivity index (χ0n) is 8.44. The third kappa shape index (κ3) is 1.61. The van der Waals surface area contributed by atoms with Crippen LogP contribution in [0.15, 0.2) is 18.3 Å². The molecule has 0 saturated heterocycles. The number of aryl methyl sites for hydroxylation is 1. The fraction of sp³-hybridized carbons (Fsp3) is 0.400. The van der Waals surface area contributed by atoms with Crippen LogP contribution in [0.2, 0.25) is 0 Å². The van der Waals surface area contributed by atoms with Gasteiger partial charge in [-0.15, -0.1) is 0 Å². The minimum Gasteiger partial charge on any atom is -0.328 e. The number of rotatable bonds is 2. The van der Waals surface area contributed by atoms with E-state index in [-0.39, 0.29) is 6.04 Å². The van der Waals surface area contributed by atoms with Crippen LogP contribution in [0.25, 0.3) is 5.52 Å². The lowest BCUT2D eigenvalue weighted by Crippen LogP contribution is -2.19. The highest BCUT2D eigenvalue weighted by Gasteiger charge is 2.05. The van der Waals surface area contributed by atoms with Gasteiger partial charge in [-0.05, 0) is 26.0 Å². The summed E-state index contributed by atoms with van der Waals surface area (Å²) in [5.74, 6) is 0.777. The molecule has 0 aliphatic carbocycles. The molecule has 0 aromatic carbocycles. The maximum Gasteiger partial charge on any atom is 0.146 e. The van der Waals surface area contributed by atoms with E-state index in [1.54, 1.807) is 0 Å². The lowest BCUT2D eigenvalue weighted by molar-refractivity contribution is 0.692. The van der Waals surface area contributed by atoms with Gasteiger partial charge in [0, 0.05) is 18.2 Å². The highest BCUT2D eigenvalue weighted by molar-refractivity contribution is 5.46. The van der Waals surface area contributed by atoms with Gasteiger partial charge in [0.05, 0.1) is 11.7 Å². The maximum atomic E-state index is 5.76. The summed E-state index contributed by atoms with van der Waals surface area (Å²) in [5, 5.41) is 4.34. The first kappa shape index (κ1) is 9.15. The number of fused-ring (bicyclic) bond motifs is 1. The van der Waals surface area contributed by atoms with Gasteiger partial charge < -0.3 is 5.73 Å². The Morgan fingerprint density at radius 1 is 1.50 bits per heavy atom. The van der Waals surface area contributed by atoms with E-state index < -0.39 is 0 Å². The van der Waals surface area contributed by atoms with Gasteiger partial charge in [0.1, 0.15) is 5.82 Å². The number of nitrogens with zero attached hydrogens (tertiary/aromatic N) is 3. The van der Waals surface area contributed by atoms with E-state index in [4.69, 9.17) is 5.73 Å². The van der Waals surface area contributed by atoms with Crippen molar-refractivity contribution in [1.82, 2.24) is 14.6 Å². The summed E-state index contributed by atoms with van der Waals surface area (Å²) in [6.07, 6.45) is 2.66. The molecule has 0 aliphatic rings. The van der Waals surface area contributed by atoms with Crippen LogP contribution in [0.4, 0.5) is 0 Å². The Morgan fingerprint density at radius 2 is 2.29 bits per heavy atom. The Labute approximate surface area is 82.8 Å². The Hall–Kier alpha value is -1.42. The summed E-state index contributed by atoms with van der Waals surface area (Å²) in [4.78, 5) is 4.14. The molecule has 2 heterocycles. The number of hydrogen-bond acceptors (Lipinski definition) is 3. The molecule has 0 amide bonds. The third-order valence-electron chi connectivity index (χ3n) is 2.12. The average Bonchev–Trinajstić information content (AvgIpc) is 2.47. The lowest BCUT2D eigenvalue weighted by Gasteiger charge is -2.04. The first-order chi connectivity index (χ1) is 6.66. The molecule has 14 heavy (non-hydrogen) atoms. The van der Waals surface area contributed by atoms with Crippen LogP contribution in [-0.4, -0.2) is 20.6 Å². The lowest BCUT2D eigenvalue weighted by atomic mass is 10.2. The molecule has 2 N–H and O–H groups in total. The van der Waals surface area contributed by atoms with Crippen LogP contribution in [0, 0.1) is 6.92 Å². The number of hydrogen-bond donors (Lipinski definition) is 1. The second-order valence-corrected chi connectivity index (χ2v) is 3.65. The van der Waals surface area contributed by atoms with Gasteiger partial charge in [-0.25, -0.2) is 9.50 Å². The van der Waals surface area contributed by atoms with Crippen molar-refractivity contribution in [1.29, 1.82) is 0 Å². The second kappa shape index (κ2) is 3.38. The molecule has 0 saturated carbocycles. The molecule has 4 heteroatoms. The molecule has 2 rings (SSSR count). The van der Waals surface area contributed by atoms with Crippen LogP contribution in [-0.2, 0) is 6.42 Å². The monoisotopic (exact) mass is 190 g/mol. The van der Waals surface area contributed by atoms with Crippen molar-refractivity contribution in [2.75, 3.05) is 0 Å². The fourth-order valence-electron chi connectivity index (χ4n) is 1.52. The Morgan fingerprint density at radius 3 is 3.00 bits per heavy atom. The molecule has 74 valence electrons. The van der Waals surface area contributed by atoms with Crippen LogP contribution in [0.1, 0.15) is 18.4 Å². The van der Waals surface area contributed by atoms with Crippen LogP contribution >= 0.6 is 0 Å². The fourth-order valence-corrected chi connectivity index (χ4v) is 1.52. The van der Waals surface area contributed by atoms with Gasteiger partial charge >= 0.3 is 0 Å². The normalized spacial score (nSPS) is 13.4. The molecule has 1 atom stereocenters. The van der Waals surface area contributed by atoms with Gasteiger partial charge in [0.15, 0.2) is 0 Å². The Kier molecular flexibility index (Phi) is 2.21.